The van der Waals surface area contributed by atoms with E-state index in [9.17, 15) is 9.82 Å². The van der Waals surface area contributed by atoms with Gasteiger partial charge in [0.05, 0.1) is 10.6 Å². The minimum Gasteiger partial charge on any atom is -0.423 e. The highest BCUT2D eigenvalue weighted by atomic mass is 35.5. The summed E-state index contributed by atoms with van der Waals surface area (Å²) in [6.07, 6.45) is 0.215. The lowest BCUT2D eigenvalue weighted by molar-refractivity contribution is 0.0991. The Balaban J connectivity index is 1.85. The summed E-state index contributed by atoms with van der Waals surface area (Å²) in [5.41, 5.74) is 4.27. The second-order valence-electron chi connectivity index (χ2n) is 6.98. The number of hydrogen-bond donors (Lipinski definition) is 1. The number of benzene rings is 2. The number of halogens is 1. The van der Waals surface area contributed by atoms with Crippen LogP contribution in [-0.4, -0.2) is 17.9 Å². The smallest absolute Gasteiger partial charge is 0.423 e. The molecule has 0 atom stereocenters. The average molecular weight is 355 g/mol. The lowest BCUT2D eigenvalue weighted by Gasteiger charge is -2.19. The molecule has 1 aliphatic rings. The number of fused-ring (bicyclic) bond motifs is 1. The molecule has 0 radical (unpaired) electrons. The zero-order valence-corrected chi connectivity index (χ0v) is 15.4. The molecule has 0 spiro atoms. The predicted molar refractivity (Wildman–Crippen MR) is 102 cm³/mol. The Morgan fingerprint density at radius 1 is 1.28 bits per heavy atom. The van der Waals surface area contributed by atoms with Crippen LogP contribution < -0.4 is 5.46 Å². The van der Waals surface area contributed by atoms with Crippen LogP contribution in [0.25, 0.3) is 5.57 Å². The van der Waals surface area contributed by atoms with E-state index in [1.807, 2.05) is 45.0 Å². The number of carbonyl (C=O) groups excluding carboxylic acids is 1. The Bertz CT molecular complexity index is 873. The third kappa shape index (κ3) is 3.43. The summed E-state index contributed by atoms with van der Waals surface area (Å²) in [6.45, 7) is 9.60. The molecule has 3 nitrogen and oxygen atoms in total. The maximum absolute atomic E-state index is 12.6. The fourth-order valence-corrected chi connectivity index (χ4v) is 3.45. The van der Waals surface area contributed by atoms with Crippen LogP contribution in [0, 0.1) is 0 Å². The zero-order chi connectivity index (χ0) is 18.4. The van der Waals surface area contributed by atoms with Gasteiger partial charge < -0.3 is 9.68 Å². The number of allylic oxidation sites excluding steroid dienone is 1. The molecule has 0 saturated heterocycles. The molecule has 0 fully saturated rings. The van der Waals surface area contributed by atoms with Gasteiger partial charge in [-0.15, -0.1) is 0 Å². The molecule has 0 unspecified atom stereocenters. The highest BCUT2D eigenvalue weighted by molar-refractivity contribution is 6.62. The summed E-state index contributed by atoms with van der Waals surface area (Å²) < 4.78 is 5.56. The monoisotopic (exact) mass is 354 g/mol. The first-order valence-electron chi connectivity index (χ1n) is 8.17. The second kappa shape index (κ2) is 6.45. The molecule has 128 valence electrons. The molecule has 0 amide bonds. The number of hydrogen-bond acceptors (Lipinski definition) is 3. The SMILES string of the molecule is C=C(C)c1ccc(C(=O)Cc2ccc3c(c2)B(O)OC3(C)C)c(Cl)c1. The van der Waals surface area contributed by atoms with E-state index in [-0.39, 0.29) is 12.2 Å². The fraction of sp³-hybridized carbons (Fsp3) is 0.250. The molecule has 25 heavy (non-hydrogen) atoms. The molecule has 2 aromatic carbocycles. The van der Waals surface area contributed by atoms with Crippen molar-refractivity contribution in [1.82, 2.24) is 0 Å². The van der Waals surface area contributed by atoms with Crippen LogP contribution in [-0.2, 0) is 16.7 Å². The van der Waals surface area contributed by atoms with E-state index < -0.39 is 12.7 Å². The summed E-state index contributed by atoms with van der Waals surface area (Å²) in [7, 11) is -0.960. The Morgan fingerprint density at radius 2 is 2.00 bits per heavy atom. The van der Waals surface area contributed by atoms with Crippen molar-refractivity contribution in [3.8, 4) is 0 Å². The van der Waals surface area contributed by atoms with Crippen molar-refractivity contribution in [3.05, 3.63) is 70.3 Å². The van der Waals surface area contributed by atoms with Crippen molar-refractivity contribution >= 4 is 35.5 Å². The average Bonchev–Trinajstić information content (AvgIpc) is 2.76. The van der Waals surface area contributed by atoms with Crippen molar-refractivity contribution in [3.63, 3.8) is 0 Å². The van der Waals surface area contributed by atoms with Gasteiger partial charge in [-0.3, -0.25) is 4.79 Å². The lowest BCUT2D eigenvalue weighted by Crippen LogP contribution is -2.29. The van der Waals surface area contributed by atoms with Crippen LogP contribution in [0.1, 0.15) is 47.8 Å². The minimum absolute atomic E-state index is 0.0640. The van der Waals surface area contributed by atoms with Gasteiger partial charge in [0, 0.05) is 12.0 Å². The van der Waals surface area contributed by atoms with Gasteiger partial charge in [-0.2, -0.15) is 0 Å². The van der Waals surface area contributed by atoms with Crippen molar-refractivity contribution in [2.45, 2.75) is 32.8 Å². The lowest BCUT2D eigenvalue weighted by atomic mass is 9.77. The molecule has 2 aromatic rings. The van der Waals surface area contributed by atoms with E-state index in [4.69, 9.17) is 16.3 Å². The maximum Gasteiger partial charge on any atom is 0.492 e. The normalized spacial score (nSPS) is 15.2. The first-order valence-corrected chi connectivity index (χ1v) is 8.54. The number of Topliss-reactive ketones (excluding diaryl/α,β-unsaturated/α-hetero) is 1. The van der Waals surface area contributed by atoms with E-state index in [1.165, 1.54) is 0 Å². The Hall–Kier alpha value is -1.88. The van der Waals surface area contributed by atoms with E-state index >= 15 is 0 Å². The van der Waals surface area contributed by atoms with Crippen LogP contribution in [0.5, 0.6) is 0 Å². The second-order valence-corrected chi connectivity index (χ2v) is 7.38. The summed E-state index contributed by atoms with van der Waals surface area (Å²) in [5.74, 6) is -0.0640. The van der Waals surface area contributed by atoms with Crippen molar-refractivity contribution in [2.24, 2.45) is 0 Å². The van der Waals surface area contributed by atoms with Gasteiger partial charge in [0.2, 0.25) is 0 Å². The van der Waals surface area contributed by atoms with Crippen molar-refractivity contribution < 1.29 is 14.5 Å². The Kier molecular flexibility index (Phi) is 4.63. The molecule has 0 saturated carbocycles. The highest BCUT2D eigenvalue weighted by Crippen LogP contribution is 2.30. The van der Waals surface area contributed by atoms with Crippen LogP contribution in [0.4, 0.5) is 0 Å². The van der Waals surface area contributed by atoms with Gasteiger partial charge in [0.15, 0.2) is 5.78 Å². The van der Waals surface area contributed by atoms with Gasteiger partial charge in [-0.1, -0.05) is 48.0 Å². The van der Waals surface area contributed by atoms with Crippen LogP contribution in [0.3, 0.4) is 0 Å². The van der Waals surface area contributed by atoms with E-state index in [1.54, 1.807) is 12.1 Å². The van der Waals surface area contributed by atoms with Gasteiger partial charge in [-0.05, 0) is 55.1 Å². The molecule has 1 heterocycles. The van der Waals surface area contributed by atoms with Crippen LogP contribution in [0.15, 0.2) is 43.0 Å². The Morgan fingerprint density at radius 3 is 2.64 bits per heavy atom. The third-order valence-corrected chi connectivity index (χ3v) is 4.88. The molecular formula is C20H20BClO3. The molecule has 0 bridgehead atoms. The first kappa shape index (κ1) is 17.9. The summed E-state index contributed by atoms with van der Waals surface area (Å²) in [5, 5.41) is 10.5. The molecule has 3 rings (SSSR count). The van der Waals surface area contributed by atoms with Crippen LogP contribution in [0.2, 0.25) is 5.02 Å². The summed E-state index contributed by atoms with van der Waals surface area (Å²) >= 11 is 6.27. The molecule has 0 aliphatic carbocycles. The fourth-order valence-electron chi connectivity index (χ4n) is 3.17. The van der Waals surface area contributed by atoms with E-state index in [0.717, 1.165) is 27.7 Å². The summed E-state index contributed by atoms with van der Waals surface area (Å²) in [6, 6.07) is 11.0. The third-order valence-electron chi connectivity index (χ3n) is 4.56. The highest BCUT2D eigenvalue weighted by Gasteiger charge is 2.40. The van der Waals surface area contributed by atoms with Gasteiger partial charge in [0.25, 0.3) is 0 Å². The van der Waals surface area contributed by atoms with E-state index in [2.05, 4.69) is 6.58 Å². The van der Waals surface area contributed by atoms with Gasteiger partial charge in [0.1, 0.15) is 0 Å². The van der Waals surface area contributed by atoms with E-state index in [0.29, 0.717) is 10.6 Å². The topological polar surface area (TPSA) is 46.5 Å². The predicted octanol–water partition coefficient (Wildman–Crippen LogP) is 3.75. The molecule has 1 aliphatic heterocycles. The molecule has 1 N–H and O–H groups in total. The summed E-state index contributed by atoms with van der Waals surface area (Å²) in [4.78, 5) is 12.6. The Labute approximate surface area is 153 Å². The molecule has 5 heteroatoms. The largest absolute Gasteiger partial charge is 0.492 e. The first-order chi connectivity index (χ1) is 11.7. The van der Waals surface area contributed by atoms with Gasteiger partial charge >= 0.3 is 7.12 Å². The van der Waals surface area contributed by atoms with Crippen LogP contribution >= 0.6 is 11.6 Å². The number of rotatable bonds is 4. The molecule has 0 aromatic heterocycles. The number of carbonyl (C=O) groups is 1. The van der Waals surface area contributed by atoms with Gasteiger partial charge in [-0.25, -0.2) is 0 Å². The molecular weight excluding hydrogens is 334 g/mol. The standard InChI is InChI=1S/C20H20BClO3/c1-12(2)14-6-7-15(18(22)11-14)19(23)10-13-5-8-16-17(9-13)21(24)25-20(16,3)4/h5-9,11,24H,1,10H2,2-4H3. The number of ketones is 1. The maximum atomic E-state index is 12.6. The minimum atomic E-state index is -0.960. The van der Waals surface area contributed by atoms with Crippen molar-refractivity contribution in [2.75, 3.05) is 0 Å². The zero-order valence-electron chi connectivity index (χ0n) is 14.6. The quantitative estimate of drug-likeness (QED) is 0.672. The van der Waals surface area contributed by atoms with Crippen molar-refractivity contribution in [1.29, 1.82) is 0 Å².